The zero-order valence-corrected chi connectivity index (χ0v) is 5.61. The molecule has 0 bridgehead atoms. The fourth-order valence-electron chi connectivity index (χ4n) is 0.00972. The van der Waals surface area contributed by atoms with Crippen molar-refractivity contribution in [3.8, 4) is 0 Å². The summed E-state index contributed by atoms with van der Waals surface area (Å²) in [7, 11) is 0. The van der Waals surface area contributed by atoms with Crippen LogP contribution in [0.5, 0.6) is 0 Å². The van der Waals surface area contributed by atoms with Gasteiger partial charge in [-0.25, -0.2) is 0 Å². The first kappa shape index (κ1) is 6.82. The van der Waals surface area contributed by atoms with Gasteiger partial charge in [-0.3, -0.25) is 0 Å². The van der Waals surface area contributed by atoms with Gasteiger partial charge in [-0.2, -0.15) is 0 Å². The van der Waals surface area contributed by atoms with E-state index in [2.05, 4.69) is 30.5 Å². The number of hydrogen-bond donors (Lipinski definition) is 0. The summed E-state index contributed by atoms with van der Waals surface area (Å²) >= 11 is 6.20. The van der Waals surface area contributed by atoms with Crippen molar-refractivity contribution in [3.05, 3.63) is 0 Å². The minimum absolute atomic E-state index is 2.77. The SMILES string of the molecule is O=[Se](OCl)OCl. The van der Waals surface area contributed by atoms with Gasteiger partial charge in [0.15, 0.2) is 0 Å². The molecule has 0 aromatic heterocycles. The van der Waals surface area contributed by atoms with E-state index in [1.54, 1.807) is 0 Å². The van der Waals surface area contributed by atoms with E-state index < -0.39 is 14.5 Å². The molecule has 38 valence electrons. The molecule has 0 unspecified atom stereocenters. The Morgan fingerprint density at radius 1 is 1.33 bits per heavy atom. The van der Waals surface area contributed by atoms with Crippen molar-refractivity contribution in [2.24, 2.45) is 0 Å². The number of halogens is 2. The van der Waals surface area contributed by atoms with Gasteiger partial charge in [0.25, 0.3) is 0 Å². The first-order chi connectivity index (χ1) is 2.81. The average molecular weight is 198 g/mol. The van der Waals surface area contributed by atoms with E-state index in [0.717, 1.165) is 0 Å². The van der Waals surface area contributed by atoms with Crippen LogP contribution in [0.4, 0.5) is 0 Å². The minimum atomic E-state index is -2.77. The van der Waals surface area contributed by atoms with Crippen LogP contribution in [0, 0.1) is 0 Å². The van der Waals surface area contributed by atoms with Crippen molar-refractivity contribution in [1.29, 1.82) is 0 Å². The van der Waals surface area contributed by atoms with E-state index in [1.165, 1.54) is 0 Å². The van der Waals surface area contributed by atoms with Crippen LogP contribution in [0.3, 0.4) is 0 Å². The first-order valence-electron chi connectivity index (χ1n) is 0.809. The predicted molar refractivity (Wildman–Crippen MR) is 20.3 cm³/mol. The van der Waals surface area contributed by atoms with Crippen molar-refractivity contribution in [2.75, 3.05) is 0 Å². The molecule has 6 heteroatoms. The zero-order chi connectivity index (χ0) is 4.99. The second-order valence-corrected chi connectivity index (χ2v) is 3.02. The van der Waals surface area contributed by atoms with E-state index in [4.69, 9.17) is 0 Å². The fourth-order valence-corrected chi connectivity index (χ4v) is 0.455. The average Bonchev–Trinajstić information content (AvgIpc) is 1.65. The summed E-state index contributed by atoms with van der Waals surface area (Å²) in [5.74, 6) is 0. The molecule has 0 radical (unpaired) electrons. The summed E-state index contributed by atoms with van der Waals surface area (Å²) in [5, 5.41) is 0. The molecule has 0 aromatic rings. The van der Waals surface area contributed by atoms with Crippen molar-refractivity contribution in [1.82, 2.24) is 0 Å². The summed E-state index contributed by atoms with van der Waals surface area (Å²) < 4.78 is 16.9. The fraction of sp³-hybridized carbons (Fsp3) is 0. The Morgan fingerprint density at radius 3 is 1.67 bits per heavy atom. The summed E-state index contributed by atoms with van der Waals surface area (Å²) in [4.78, 5) is 0. The molecule has 0 amide bonds. The van der Waals surface area contributed by atoms with E-state index in [1.807, 2.05) is 0 Å². The van der Waals surface area contributed by atoms with Crippen LogP contribution in [0.1, 0.15) is 0 Å². The molecule has 0 aliphatic heterocycles. The van der Waals surface area contributed by atoms with Crippen LogP contribution in [0.2, 0.25) is 0 Å². The van der Waals surface area contributed by atoms with Gasteiger partial charge >= 0.3 is 48.8 Å². The van der Waals surface area contributed by atoms with Crippen LogP contribution >= 0.6 is 23.7 Å². The van der Waals surface area contributed by atoms with E-state index in [0.29, 0.717) is 0 Å². The summed E-state index contributed by atoms with van der Waals surface area (Å²) in [6.45, 7) is 0. The molecule has 0 heterocycles. The standard InChI is InChI=1S/Cl2O3Se/c1-4-6(3)5-2. The Kier molecular flexibility index (Phi) is 4.54. The van der Waals surface area contributed by atoms with E-state index >= 15 is 0 Å². The molecule has 0 aliphatic rings. The van der Waals surface area contributed by atoms with Crippen LogP contribution in [0.15, 0.2) is 0 Å². The zero-order valence-electron chi connectivity index (χ0n) is 2.39. The molecule has 0 rings (SSSR count). The Hall–Kier alpha value is 0.819. The molecule has 0 N–H and O–H groups in total. The van der Waals surface area contributed by atoms with Crippen molar-refractivity contribution in [3.63, 3.8) is 0 Å². The maximum absolute atomic E-state index is 9.68. The van der Waals surface area contributed by atoms with Gasteiger partial charge in [0.1, 0.15) is 0 Å². The topological polar surface area (TPSA) is 35.5 Å². The molecular formula is Cl2O3Se. The predicted octanol–water partition coefficient (Wildman–Crippen LogP) is 0.743. The van der Waals surface area contributed by atoms with Gasteiger partial charge in [0, 0.05) is 0 Å². The van der Waals surface area contributed by atoms with Gasteiger partial charge in [-0.1, -0.05) is 0 Å². The number of rotatable bonds is 2. The molecule has 0 spiro atoms. The van der Waals surface area contributed by atoms with Crippen molar-refractivity contribution in [2.45, 2.75) is 0 Å². The van der Waals surface area contributed by atoms with Crippen LogP contribution in [0.25, 0.3) is 0 Å². The number of hydrogen-bond acceptors (Lipinski definition) is 3. The third-order valence-electron chi connectivity index (χ3n) is 0.103. The Bertz CT molecular complexity index is 46.8. The molecule has 0 fully saturated rings. The second-order valence-electron chi connectivity index (χ2n) is 0.330. The Balaban J connectivity index is 2.99. The second kappa shape index (κ2) is 3.99. The molecule has 6 heavy (non-hydrogen) atoms. The summed E-state index contributed by atoms with van der Waals surface area (Å²) in [6, 6.07) is 0. The molecule has 0 atom stereocenters. The normalized spacial score (nSPS) is 9.83. The van der Waals surface area contributed by atoms with Crippen LogP contribution < -0.4 is 0 Å². The van der Waals surface area contributed by atoms with Gasteiger partial charge in [-0.05, 0) is 0 Å². The molecular weight excluding hydrogens is 198 g/mol. The third kappa shape index (κ3) is 3.03. The van der Waals surface area contributed by atoms with Crippen LogP contribution in [-0.4, -0.2) is 14.5 Å². The molecule has 3 nitrogen and oxygen atoms in total. The van der Waals surface area contributed by atoms with Gasteiger partial charge in [-0.15, -0.1) is 0 Å². The van der Waals surface area contributed by atoms with Crippen molar-refractivity contribution < 1.29 is 10.6 Å². The molecule has 0 saturated carbocycles. The summed E-state index contributed by atoms with van der Waals surface area (Å²) in [6.07, 6.45) is 0. The Labute approximate surface area is 49.2 Å². The summed E-state index contributed by atoms with van der Waals surface area (Å²) in [5.41, 5.74) is 0. The van der Waals surface area contributed by atoms with E-state index in [9.17, 15) is 3.83 Å². The van der Waals surface area contributed by atoms with Gasteiger partial charge in [0.2, 0.25) is 0 Å². The first-order valence-corrected chi connectivity index (χ1v) is 3.52. The van der Waals surface area contributed by atoms with Gasteiger partial charge in [0.05, 0.1) is 0 Å². The van der Waals surface area contributed by atoms with Crippen LogP contribution in [-0.2, 0) is 10.6 Å². The molecule has 0 aliphatic carbocycles. The molecule has 0 saturated heterocycles. The third-order valence-corrected chi connectivity index (χ3v) is 1.60. The monoisotopic (exact) mass is 198 g/mol. The Morgan fingerprint density at radius 2 is 1.67 bits per heavy atom. The quantitative estimate of drug-likeness (QED) is 0.613. The van der Waals surface area contributed by atoms with Crippen molar-refractivity contribution >= 4 is 38.2 Å². The van der Waals surface area contributed by atoms with Gasteiger partial charge < -0.3 is 0 Å². The molecule has 0 aromatic carbocycles. The maximum atomic E-state index is 9.68. The van der Waals surface area contributed by atoms with E-state index in [-0.39, 0.29) is 0 Å².